The molecule has 5 heteroatoms. The Hall–Kier alpha value is -1.95. The summed E-state index contributed by atoms with van der Waals surface area (Å²) >= 11 is 0. The topological polar surface area (TPSA) is 54.1 Å². The van der Waals surface area contributed by atoms with Crippen molar-refractivity contribution in [3.63, 3.8) is 0 Å². The Morgan fingerprint density at radius 2 is 1.90 bits per heavy atom. The predicted octanol–water partition coefficient (Wildman–Crippen LogP) is 1.73. The lowest BCUT2D eigenvalue weighted by Gasteiger charge is -2.35. The Kier molecular flexibility index (Phi) is 4.68. The highest BCUT2D eigenvalue weighted by Gasteiger charge is 2.20. The molecule has 0 aromatic heterocycles. The van der Waals surface area contributed by atoms with Crippen LogP contribution in [-0.4, -0.2) is 42.0 Å². The summed E-state index contributed by atoms with van der Waals surface area (Å²) in [6, 6.07) is 8.61. The molecule has 0 aliphatic carbocycles. The van der Waals surface area contributed by atoms with Crippen molar-refractivity contribution in [1.82, 2.24) is 9.80 Å². The molecule has 1 unspecified atom stereocenters. The first-order chi connectivity index (χ1) is 9.62. The molecule has 1 aromatic carbocycles. The maximum atomic E-state index is 13.4. The Morgan fingerprint density at radius 1 is 1.20 bits per heavy atom. The van der Waals surface area contributed by atoms with Crippen molar-refractivity contribution in [3.8, 4) is 12.1 Å². The van der Waals surface area contributed by atoms with E-state index in [-0.39, 0.29) is 11.9 Å². The van der Waals surface area contributed by atoms with Gasteiger partial charge in [-0.3, -0.25) is 9.80 Å². The van der Waals surface area contributed by atoms with Crippen LogP contribution < -0.4 is 0 Å². The van der Waals surface area contributed by atoms with E-state index in [0.29, 0.717) is 12.1 Å². The van der Waals surface area contributed by atoms with Crippen molar-refractivity contribution in [3.05, 3.63) is 35.1 Å². The quantitative estimate of drug-likeness (QED) is 0.841. The van der Waals surface area contributed by atoms with Crippen LogP contribution in [0.5, 0.6) is 0 Å². The first-order valence-corrected chi connectivity index (χ1v) is 6.68. The third-order valence-corrected chi connectivity index (χ3v) is 3.63. The van der Waals surface area contributed by atoms with Gasteiger partial charge in [-0.2, -0.15) is 10.5 Å². The highest BCUT2D eigenvalue weighted by molar-refractivity contribution is 5.33. The monoisotopic (exact) mass is 272 g/mol. The molecule has 0 bridgehead atoms. The number of piperazine rings is 1. The van der Waals surface area contributed by atoms with E-state index in [9.17, 15) is 4.39 Å². The molecule has 20 heavy (non-hydrogen) atoms. The molecule has 1 atom stereocenters. The van der Waals surface area contributed by atoms with Gasteiger partial charge in [-0.1, -0.05) is 0 Å². The molecule has 104 valence electrons. The van der Waals surface area contributed by atoms with Crippen LogP contribution in [0, 0.1) is 28.5 Å². The normalized spacial score (nSPS) is 18.2. The van der Waals surface area contributed by atoms with Gasteiger partial charge in [-0.25, -0.2) is 4.39 Å². The fourth-order valence-corrected chi connectivity index (χ4v) is 2.45. The summed E-state index contributed by atoms with van der Waals surface area (Å²) in [4.78, 5) is 4.36. The van der Waals surface area contributed by atoms with Crippen molar-refractivity contribution in [2.75, 3.05) is 26.2 Å². The second kappa shape index (κ2) is 6.47. The molecule has 1 aliphatic heterocycles. The third kappa shape index (κ3) is 3.54. The van der Waals surface area contributed by atoms with E-state index in [4.69, 9.17) is 10.5 Å². The Bertz CT molecular complexity index is 550. The lowest BCUT2D eigenvalue weighted by Crippen LogP contribution is -2.48. The van der Waals surface area contributed by atoms with Gasteiger partial charge < -0.3 is 0 Å². The largest absolute Gasteiger partial charge is 0.297 e. The standard InChI is InChI=1S/C15H17FN4/c1-12(9-17)20-4-2-19(3-5-20)11-14-6-13(10-18)7-15(16)8-14/h6-8,12H,2-5,11H2,1H3. The van der Waals surface area contributed by atoms with Gasteiger partial charge >= 0.3 is 0 Å². The molecular formula is C15H17FN4. The molecule has 0 saturated carbocycles. The van der Waals surface area contributed by atoms with E-state index < -0.39 is 0 Å². The maximum Gasteiger partial charge on any atom is 0.124 e. The fraction of sp³-hybridized carbons (Fsp3) is 0.467. The summed E-state index contributed by atoms with van der Waals surface area (Å²) in [6.45, 7) is 5.93. The fourth-order valence-electron chi connectivity index (χ4n) is 2.45. The molecule has 1 fully saturated rings. The van der Waals surface area contributed by atoms with Crippen LogP contribution >= 0.6 is 0 Å². The van der Waals surface area contributed by atoms with Crippen molar-refractivity contribution in [1.29, 1.82) is 10.5 Å². The van der Waals surface area contributed by atoms with Crippen LogP contribution in [0.4, 0.5) is 4.39 Å². The number of rotatable bonds is 3. The van der Waals surface area contributed by atoms with Crippen molar-refractivity contribution in [2.45, 2.75) is 19.5 Å². The Balaban J connectivity index is 1.95. The SMILES string of the molecule is CC(C#N)N1CCN(Cc2cc(F)cc(C#N)c2)CC1. The van der Waals surface area contributed by atoms with E-state index in [1.165, 1.54) is 12.1 Å². The summed E-state index contributed by atoms with van der Waals surface area (Å²) in [7, 11) is 0. The lowest BCUT2D eigenvalue weighted by molar-refractivity contribution is 0.114. The van der Waals surface area contributed by atoms with E-state index in [1.807, 2.05) is 13.0 Å². The van der Waals surface area contributed by atoms with E-state index in [0.717, 1.165) is 31.7 Å². The Morgan fingerprint density at radius 3 is 2.50 bits per heavy atom. The van der Waals surface area contributed by atoms with Gasteiger partial charge in [0, 0.05) is 32.7 Å². The Labute approximate surface area is 118 Å². The minimum Gasteiger partial charge on any atom is -0.297 e. The highest BCUT2D eigenvalue weighted by atomic mass is 19.1. The zero-order valence-electron chi connectivity index (χ0n) is 11.5. The van der Waals surface area contributed by atoms with Gasteiger partial charge in [0.1, 0.15) is 5.82 Å². The molecular weight excluding hydrogens is 255 g/mol. The lowest BCUT2D eigenvalue weighted by atomic mass is 10.1. The maximum absolute atomic E-state index is 13.4. The zero-order valence-corrected chi connectivity index (χ0v) is 11.5. The van der Waals surface area contributed by atoms with E-state index in [1.54, 1.807) is 6.07 Å². The summed E-state index contributed by atoms with van der Waals surface area (Å²) in [5.74, 6) is -0.365. The van der Waals surface area contributed by atoms with Crippen LogP contribution in [0.25, 0.3) is 0 Å². The summed E-state index contributed by atoms with van der Waals surface area (Å²) in [5, 5.41) is 17.7. The molecule has 1 aromatic rings. The molecule has 0 N–H and O–H groups in total. The molecule has 0 amide bonds. The van der Waals surface area contributed by atoms with Gasteiger partial charge in [-0.15, -0.1) is 0 Å². The summed E-state index contributed by atoms with van der Waals surface area (Å²) in [6.07, 6.45) is 0. The molecule has 1 heterocycles. The molecule has 2 rings (SSSR count). The number of nitrogens with zero attached hydrogens (tertiary/aromatic N) is 4. The van der Waals surface area contributed by atoms with Crippen LogP contribution in [0.1, 0.15) is 18.1 Å². The van der Waals surface area contributed by atoms with Gasteiger partial charge in [0.15, 0.2) is 0 Å². The number of halogens is 1. The average molecular weight is 272 g/mol. The molecule has 0 radical (unpaired) electrons. The van der Waals surface area contributed by atoms with Crippen LogP contribution in [0.15, 0.2) is 18.2 Å². The smallest absolute Gasteiger partial charge is 0.124 e. The molecule has 0 spiro atoms. The van der Waals surface area contributed by atoms with Gasteiger partial charge in [-0.05, 0) is 30.7 Å². The first-order valence-electron chi connectivity index (χ1n) is 6.68. The summed E-state index contributed by atoms with van der Waals surface area (Å²) in [5.41, 5.74) is 1.18. The average Bonchev–Trinajstić information content (AvgIpc) is 2.46. The minimum atomic E-state index is -0.365. The van der Waals surface area contributed by atoms with Gasteiger partial charge in [0.25, 0.3) is 0 Å². The first kappa shape index (κ1) is 14.5. The minimum absolute atomic E-state index is 0.0588. The van der Waals surface area contributed by atoms with E-state index >= 15 is 0 Å². The van der Waals surface area contributed by atoms with Crippen LogP contribution in [0.2, 0.25) is 0 Å². The molecule has 1 aliphatic rings. The second-order valence-corrected chi connectivity index (χ2v) is 5.08. The number of hydrogen-bond donors (Lipinski definition) is 0. The number of hydrogen-bond acceptors (Lipinski definition) is 4. The highest BCUT2D eigenvalue weighted by Crippen LogP contribution is 2.13. The zero-order chi connectivity index (χ0) is 14.5. The van der Waals surface area contributed by atoms with Crippen molar-refractivity contribution >= 4 is 0 Å². The number of benzene rings is 1. The van der Waals surface area contributed by atoms with Gasteiger partial charge in [0.05, 0.1) is 23.7 Å². The molecule has 1 saturated heterocycles. The van der Waals surface area contributed by atoms with Crippen LogP contribution in [0.3, 0.4) is 0 Å². The molecule has 4 nitrogen and oxygen atoms in total. The second-order valence-electron chi connectivity index (χ2n) is 5.08. The van der Waals surface area contributed by atoms with Crippen molar-refractivity contribution < 1.29 is 4.39 Å². The summed E-state index contributed by atoms with van der Waals surface area (Å²) < 4.78 is 13.4. The van der Waals surface area contributed by atoms with Crippen LogP contribution in [-0.2, 0) is 6.54 Å². The number of nitriles is 2. The third-order valence-electron chi connectivity index (χ3n) is 3.63. The van der Waals surface area contributed by atoms with Crippen molar-refractivity contribution in [2.24, 2.45) is 0 Å². The van der Waals surface area contributed by atoms with Gasteiger partial charge in [0.2, 0.25) is 0 Å². The predicted molar refractivity (Wildman–Crippen MR) is 73.0 cm³/mol. The van der Waals surface area contributed by atoms with E-state index in [2.05, 4.69) is 15.9 Å².